The maximum atomic E-state index is 10.1. The van der Waals surface area contributed by atoms with Crippen LogP contribution in [-0.4, -0.2) is 59.6 Å². The van der Waals surface area contributed by atoms with E-state index in [2.05, 4.69) is 19.1 Å². The fraction of sp³-hybridized carbons (Fsp3) is 0.923. The predicted octanol–water partition coefficient (Wildman–Crippen LogP) is 5.30. The summed E-state index contributed by atoms with van der Waals surface area (Å²) in [4.78, 5) is 0. The van der Waals surface area contributed by atoms with E-state index in [1.54, 1.807) is 0 Å². The molecule has 3 N–H and O–H groups in total. The van der Waals surface area contributed by atoms with Crippen LogP contribution in [0.2, 0.25) is 0 Å². The van der Waals surface area contributed by atoms with Crippen LogP contribution in [0.5, 0.6) is 0 Å². The topological polar surface area (TPSA) is 79.2 Å². The van der Waals surface area contributed by atoms with Gasteiger partial charge in [0.15, 0.2) is 0 Å². The normalized spacial score (nSPS) is 22.5. The lowest BCUT2D eigenvalue weighted by molar-refractivity contribution is -0.0726. The third-order valence-electron chi connectivity index (χ3n) is 6.24. The molecule has 0 bridgehead atoms. The Morgan fingerprint density at radius 1 is 0.839 bits per heavy atom. The molecule has 0 aromatic carbocycles. The van der Waals surface area contributed by atoms with Gasteiger partial charge in [-0.3, -0.25) is 0 Å². The van der Waals surface area contributed by atoms with Crippen LogP contribution in [0, 0.1) is 0 Å². The third-order valence-corrected chi connectivity index (χ3v) is 6.24. The van der Waals surface area contributed by atoms with Crippen molar-refractivity contribution in [3.8, 4) is 0 Å². The molecule has 0 aromatic rings. The number of hydrogen-bond donors (Lipinski definition) is 3. The molecule has 1 fully saturated rings. The highest BCUT2D eigenvalue weighted by Crippen LogP contribution is 2.20. The summed E-state index contributed by atoms with van der Waals surface area (Å²) in [6.45, 7) is 2.64. The lowest BCUT2D eigenvalue weighted by Gasteiger charge is -2.20. The van der Waals surface area contributed by atoms with Crippen molar-refractivity contribution in [3.05, 3.63) is 12.2 Å². The van der Waals surface area contributed by atoms with Gasteiger partial charge in [0.2, 0.25) is 0 Å². The van der Waals surface area contributed by atoms with Crippen molar-refractivity contribution >= 4 is 0 Å². The molecule has 1 aliphatic heterocycles. The monoisotopic (exact) mass is 442 g/mol. The zero-order valence-electron chi connectivity index (χ0n) is 20.1. The van der Waals surface area contributed by atoms with Gasteiger partial charge in [-0.15, -0.1) is 0 Å². The molecule has 0 spiro atoms. The maximum absolute atomic E-state index is 10.1. The first kappa shape index (κ1) is 28.6. The fourth-order valence-electron chi connectivity index (χ4n) is 4.18. The van der Waals surface area contributed by atoms with Crippen LogP contribution in [-0.2, 0) is 9.47 Å². The van der Waals surface area contributed by atoms with Crippen LogP contribution in [0.1, 0.15) is 110 Å². The van der Waals surface area contributed by atoms with E-state index in [0.717, 1.165) is 12.8 Å². The lowest BCUT2D eigenvalue weighted by atomic mass is 10.0. The summed E-state index contributed by atoms with van der Waals surface area (Å²) < 4.78 is 11.0. The zero-order valence-corrected chi connectivity index (χ0v) is 20.1. The Morgan fingerprint density at radius 3 is 1.90 bits per heavy atom. The molecule has 0 unspecified atom stereocenters. The minimum absolute atomic E-state index is 0.256. The summed E-state index contributed by atoms with van der Waals surface area (Å²) in [7, 11) is 0. The molecule has 184 valence electrons. The molecule has 5 heteroatoms. The molecule has 0 amide bonds. The molecule has 0 aliphatic carbocycles. The summed E-state index contributed by atoms with van der Waals surface area (Å²) >= 11 is 0. The molecule has 31 heavy (non-hydrogen) atoms. The first-order valence-electron chi connectivity index (χ1n) is 13.1. The van der Waals surface area contributed by atoms with Gasteiger partial charge in [0.05, 0.1) is 19.8 Å². The van der Waals surface area contributed by atoms with E-state index in [1.165, 1.54) is 89.9 Å². The standard InChI is InChI=1S/C26H50O5/c1-2-3-4-5-6-7-8-9-10-11-12-13-14-15-16-17-18-19-20-30-24-22-31-26(25(24)29)23(28)21-27/h17-18,23-29H,2-16,19-22H2,1H3/b18-17+/t23-,24+,25+,26+/m0/s1. The molecular formula is C26H50O5. The van der Waals surface area contributed by atoms with Crippen LogP contribution < -0.4 is 0 Å². The van der Waals surface area contributed by atoms with E-state index in [0.29, 0.717) is 6.61 Å². The van der Waals surface area contributed by atoms with Crippen molar-refractivity contribution in [2.45, 2.75) is 134 Å². The van der Waals surface area contributed by atoms with Crippen LogP contribution in [0.25, 0.3) is 0 Å². The van der Waals surface area contributed by atoms with Gasteiger partial charge >= 0.3 is 0 Å². The Labute approximate surface area is 191 Å². The molecule has 5 nitrogen and oxygen atoms in total. The highest BCUT2D eigenvalue weighted by atomic mass is 16.6. The van der Waals surface area contributed by atoms with E-state index in [1.807, 2.05) is 0 Å². The predicted molar refractivity (Wildman–Crippen MR) is 127 cm³/mol. The number of rotatable bonds is 21. The average molecular weight is 443 g/mol. The smallest absolute Gasteiger partial charge is 0.114 e. The van der Waals surface area contributed by atoms with Crippen molar-refractivity contribution in [2.75, 3.05) is 19.8 Å². The highest BCUT2D eigenvalue weighted by Gasteiger charge is 2.40. The van der Waals surface area contributed by atoms with E-state index >= 15 is 0 Å². The van der Waals surface area contributed by atoms with Gasteiger partial charge in [0.1, 0.15) is 24.4 Å². The molecule has 1 rings (SSSR count). The first-order valence-corrected chi connectivity index (χ1v) is 13.1. The first-order chi connectivity index (χ1) is 15.2. The summed E-state index contributed by atoms with van der Waals surface area (Å²) in [5.41, 5.74) is 0. The van der Waals surface area contributed by atoms with E-state index < -0.39 is 31.0 Å². The molecule has 1 aliphatic rings. The number of aliphatic hydroxyl groups excluding tert-OH is 3. The molecule has 4 atom stereocenters. The second-order valence-corrected chi connectivity index (χ2v) is 9.09. The Morgan fingerprint density at radius 2 is 1.35 bits per heavy atom. The lowest BCUT2D eigenvalue weighted by Crippen LogP contribution is -2.41. The van der Waals surface area contributed by atoms with Crippen molar-refractivity contribution in [2.24, 2.45) is 0 Å². The largest absolute Gasteiger partial charge is 0.394 e. The minimum Gasteiger partial charge on any atom is -0.394 e. The van der Waals surface area contributed by atoms with Crippen LogP contribution >= 0.6 is 0 Å². The molecular weight excluding hydrogens is 392 g/mol. The van der Waals surface area contributed by atoms with Crippen LogP contribution in [0.15, 0.2) is 12.2 Å². The van der Waals surface area contributed by atoms with Gasteiger partial charge in [0, 0.05) is 0 Å². The molecule has 1 saturated heterocycles. The second-order valence-electron chi connectivity index (χ2n) is 9.09. The minimum atomic E-state index is -1.06. The highest BCUT2D eigenvalue weighted by molar-refractivity contribution is 4.89. The van der Waals surface area contributed by atoms with Gasteiger partial charge < -0.3 is 24.8 Å². The average Bonchev–Trinajstić information content (AvgIpc) is 3.15. The second kappa shape index (κ2) is 20.2. The molecule has 0 radical (unpaired) electrons. The van der Waals surface area contributed by atoms with Gasteiger partial charge in [0.25, 0.3) is 0 Å². The molecule has 0 aromatic heterocycles. The van der Waals surface area contributed by atoms with E-state index in [-0.39, 0.29) is 6.61 Å². The Balaban J connectivity index is 1.81. The number of aliphatic hydroxyl groups is 3. The number of allylic oxidation sites excluding steroid dienone is 1. The van der Waals surface area contributed by atoms with Crippen molar-refractivity contribution in [3.63, 3.8) is 0 Å². The quantitative estimate of drug-likeness (QED) is 0.166. The van der Waals surface area contributed by atoms with Crippen molar-refractivity contribution in [1.82, 2.24) is 0 Å². The molecule has 0 saturated carbocycles. The number of ether oxygens (including phenoxy) is 2. The summed E-state index contributed by atoms with van der Waals surface area (Å²) in [5, 5.41) is 28.6. The Hall–Kier alpha value is -0.460. The van der Waals surface area contributed by atoms with Crippen molar-refractivity contribution in [1.29, 1.82) is 0 Å². The van der Waals surface area contributed by atoms with Gasteiger partial charge in [-0.2, -0.15) is 0 Å². The van der Waals surface area contributed by atoms with Crippen LogP contribution in [0.3, 0.4) is 0 Å². The summed E-state index contributed by atoms with van der Waals surface area (Å²) in [5.74, 6) is 0. The third kappa shape index (κ3) is 14.3. The number of unbranched alkanes of at least 4 members (excludes halogenated alkanes) is 14. The Kier molecular flexibility index (Phi) is 18.6. The number of hydrogen-bond acceptors (Lipinski definition) is 5. The summed E-state index contributed by atoms with van der Waals surface area (Å²) in [6, 6.07) is 0. The van der Waals surface area contributed by atoms with Crippen molar-refractivity contribution < 1.29 is 24.8 Å². The summed E-state index contributed by atoms with van der Waals surface area (Å²) in [6.07, 6.45) is 22.6. The maximum Gasteiger partial charge on any atom is 0.114 e. The van der Waals surface area contributed by atoms with E-state index in [9.17, 15) is 10.2 Å². The van der Waals surface area contributed by atoms with Gasteiger partial charge in [-0.1, -0.05) is 103 Å². The zero-order chi connectivity index (χ0) is 22.6. The Bertz CT molecular complexity index is 415. The van der Waals surface area contributed by atoms with Crippen LogP contribution in [0.4, 0.5) is 0 Å². The SMILES string of the molecule is CCCCCCCCCCCCCCCC/C=C/CCO[C@@H]1CO[C@H]([C@@H](O)CO)[C@@H]1O. The van der Waals surface area contributed by atoms with Gasteiger partial charge in [-0.25, -0.2) is 0 Å². The van der Waals surface area contributed by atoms with E-state index in [4.69, 9.17) is 14.6 Å². The molecule has 1 heterocycles. The van der Waals surface area contributed by atoms with Gasteiger partial charge in [-0.05, 0) is 19.3 Å². The fourth-order valence-corrected chi connectivity index (χ4v) is 4.18.